The zero-order valence-corrected chi connectivity index (χ0v) is 13.4. The minimum absolute atomic E-state index is 0.249. The third kappa shape index (κ3) is 2.54. The van der Waals surface area contributed by atoms with E-state index in [9.17, 15) is 0 Å². The van der Waals surface area contributed by atoms with Crippen molar-refractivity contribution in [2.75, 3.05) is 23.4 Å². The summed E-state index contributed by atoms with van der Waals surface area (Å²) in [7, 11) is 0. The largest absolute Gasteiger partial charge is 0.373 e. The highest BCUT2D eigenvalue weighted by atomic mass is 79.9. The number of fused-ring (bicyclic) bond motifs is 1. The van der Waals surface area contributed by atoms with Crippen LogP contribution in [0.1, 0.15) is 12.6 Å². The van der Waals surface area contributed by atoms with Crippen molar-refractivity contribution < 1.29 is 4.74 Å². The van der Waals surface area contributed by atoms with Crippen LogP contribution in [0.25, 0.3) is 10.9 Å². The molecule has 3 rings (SSSR count). The second kappa shape index (κ2) is 5.70. The average Bonchev–Trinajstić information content (AvgIpc) is 2.47. The maximum atomic E-state index is 5.83. The van der Waals surface area contributed by atoms with E-state index in [1.54, 1.807) is 0 Å². The van der Waals surface area contributed by atoms with Crippen molar-refractivity contribution in [2.45, 2.75) is 26.0 Å². The molecule has 0 radical (unpaired) electrons. The van der Waals surface area contributed by atoms with Crippen molar-refractivity contribution in [1.29, 1.82) is 0 Å². The Morgan fingerprint density at radius 1 is 1.40 bits per heavy atom. The number of nitrogens with zero attached hydrogens (tertiary/aromatic N) is 2. The van der Waals surface area contributed by atoms with E-state index in [0.29, 0.717) is 6.04 Å². The van der Waals surface area contributed by atoms with Gasteiger partial charge < -0.3 is 9.64 Å². The maximum absolute atomic E-state index is 5.83. The van der Waals surface area contributed by atoms with Gasteiger partial charge in [-0.3, -0.25) is 4.98 Å². The first kappa shape index (κ1) is 13.8. The van der Waals surface area contributed by atoms with Crippen LogP contribution in [0.4, 0.5) is 5.69 Å². The van der Waals surface area contributed by atoms with E-state index >= 15 is 0 Å². The Hall–Kier alpha value is -1.13. The van der Waals surface area contributed by atoms with Crippen LogP contribution in [-0.2, 0) is 4.74 Å². The number of alkyl halides is 1. The molecule has 0 amide bonds. The van der Waals surface area contributed by atoms with Gasteiger partial charge in [-0.25, -0.2) is 0 Å². The zero-order chi connectivity index (χ0) is 14.1. The Morgan fingerprint density at radius 2 is 2.20 bits per heavy atom. The van der Waals surface area contributed by atoms with E-state index in [1.165, 1.54) is 11.1 Å². The minimum atomic E-state index is 0.249. The minimum Gasteiger partial charge on any atom is -0.373 e. The van der Waals surface area contributed by atoms with Crippen molar-refractivity contribution in [1.82, 2.24) is 4.98 Å². The molecule has 106 valence electrons. The third-order valence-electron chi connectivity index (χ3n) is 3.81. The summed E-state index contributed by atoms with van der Waals surface area (Å²) in [5.41, 5.74) is 3.40. The fourth-order valence-corrected chi connectivity index (χ4v) is 3.16. The summed E-state index contributed by atoms with van der Waals surface area (Å²) in [6, 6.07) is 10.9. The quantitative estimate of drug-likeness (QED) is 0.785. The van der Waals surface area contributed by atoms with Crippen molar-refractivity contribution in [2.24, 2.45) is 0 Å². The molecule has 1 aromatic heterocycles. The Morgan fingerprint density at radius 3 is 3.00 bits per heavy atom. The molecule has 2 heterocycles. The summed E-state index contributed by atoms with van der Waals surface area (Å²) in [5.74, 6) is 0. The predicted molar refractivity (Wildman–Crippen MR) is 86.8 cm³/mol. The van der Waals surface area contributed by atoms with Crippen molar-refractivity contribution in [3.05, 3.63) is 36.0 Å². The second-order valence-corrected chi connectivity index (χ2v) is 6.06. The lowest BCUT2D eigenvalue weighted by Gasteiger charge is -2.39. The predicted octanol–water partition coefficient (Wildman–Crippen LogP) is 3.53. The summed E-state index contributed by atoms with van der Waals surface area (Å²) in [4.78, 5) is 7.08. The van der Waals surface area contributed by atoms with Gasteiger partial charge in [-0.1, -0.05) is 34.1 Å². The number of anilines is 1. The topological polar surface area (TPSA) is 25.4 Å². The molecule has 0 bridgehead atoms. The van der Waals surface area contributed by atoms with E-state index in [2.05, 4.69) is 63.9 Å². The number of hydrogen-bond acceptors (Lipinski definition) is 3. The highest BCUT2D eigenvalue weighted by molar-refractivity contribution is 9.09. The molecule has 1 aromatic carbocycles. The number of ether oxygens (including phenoxy) is 1. The molecule has 0 spiro atoms. The number of morpholine rings is 1. The molecule has 1 saturated heterocycles. The first-order valence-corrected chi connectivity index (χ1v) is 8.12. The van der Waals surface area contributed by atoms with Crippen LogP contribution in [0.2, 0.25) is 0 Å². The van der Waals surface area contributed by atoms with Gasteiger partial charge in [0.05, 0.1) is 18.2 Å². The van der Waals surface area contributed by atoms with Crippen LogP contribution in [-0.4, -0.2) is 35.6 Å². The zero-order valence-electron chi connectivity index (χ0n) is 11.8. The normalized spacial score (nSPS) is 23.2. The number of rotatable bonds is 2. The van der Waals surface area contributed by atoms with Gasteiger partial charge in [0.1, 0.15) is 0 Å². The molecule has 1 aliphatic rings. The van der Waals surface area contributed by atoms with Crippen molar-refractivity contribution in [3.63, 3.8) is 0 Å². The second-order valence-electron chi connectivity index (χ2n) is 5.41. The average molecular weight is 335 g/mol. The van der Waals surface area contributed by atoms with Gasteiger partial charge in [-0.05, 0) is 26.0 Å². The number of pyridine rings is 1. The van der Waals surface area contributed by atoms with Crippen molar-refractivity contribution in [3.8, 4) is 0 Å². The molecule has 1 aliphatic heterocycles. The first-order chi connectivity index (χ1) is 9.69. The molecule has 2 atom stereocenters. The molecule has 2 unspecified atom stereocenters. The molecule has 20 heavy (non-hydrogen) atoms. The SMILES string of the molecule is Cc1cc(N2CC(CBr)OCC2C)c2ccccc2n1. The van der Waals surface area contributed by atoms with Crippen LogP contribution in [0.15, 0.2) is 30.3 Å². The number of hydrogen-bond donors (Lipinski definition) is 0. The van der Waals surface area contributed by atoms with Gasteiger partial charge in [0.15, 0.2) is 0 Å². The molecular formula is C16H19BrN2O. The number of halogens is 1. The summed E-state index contributed by atoms with van der Waals surface area (Å²) in [6.07, 6.45) is 0.249. The van der Waals surface area contributed by atoms with Gasteiger partial charge in [0.25, 0.3) is 0 Å². The smallest absolute Gasteiger partial charge is 0.0847 e. The molecular weight excluding hydrogens is 316 g/mol. The summed E-state index contributed by atoms with van der Waals surface area (Å²) in [5, 5.41) is 2.10. The molecule has 1 fully saturated rings. The standard InChI is InChI=1S/C16H19BrN2O/c1-11-7-16(14-5-3-4-6-15(14)18-11)19-9-13(8-17)20-10-12(19)2/h3-7,12-13H,8-10H2,1-2H3. The molecule has 4 heteroatoms. The lowest BCUT2D eigenvalue weighted by Crippen LogP contribution is -2.49. The van der Waals surface area contributed by atoms with Crippen LogP contribution in [0.3, 0.4) is 0 Å². The van der Waals surface area contributed by atoms with Gasteiger partial charge in [-0.2, -0.15) is 0 Å². The first-order valence-electron chi connectivity index (χ1n) is 6.99. The van der Waals surface area contributed by atoms with Crippen LogP contribution in [0.5, 0.6) is 0 Å². The number of benzene rings is 1. The summed E-state index contributed by atoms with van der Waals surface area (Å²) in [6.45, 7) is 5.96. The monoisotopic (exact) mass is 334 g/mol. The van der Waals surface area contributed by atoms with Crippen LogP contribution >= 0.6 is 15.9 Å². The third-order valence-corrected chi connectivity index (χ3v) is 4.53. The van der Waals surface area contributed by atoms with Gasteiger partial charge in [0, 0.05) is 34.7 Å². The lowest BCUT2D eigenvalue weighted by molar-refractivity contribution is 0.0381. The molecule has 0 aliphatic carbocycles. The van der Waals surface area contributed by atoms with Crippen LogP contribution < -0.4 is 4.90 Å². The summed E-state index contributed by atoms with van der Waals surface area (Å²) >= 11 is 3.53. The summed E-state index contributed by atoms with van der Waals surface area (Å²) < 4.78 is 5.83. The Bertz CT molecular complexity index is 616. The highest BCUT2D eigenvalue weighted by Crippen LogP contribution is 2.30. The highest BCUT2D eigenvalue weighted by Gasteiger charge is 2.26. The Kier molecular flexibility index (Phi) is 3.94. The van der Waals surface area contributed by atoms with Gasteiger partial charge >= 0.3 is 0 Å². The van der Waals surface area contributed by atoms with E-state index in [-0.39, 0.29) is 6.10 Å². The molecule has 0 N–H and O–H groups in total. The van der Waals surface area contributed by atoms with E-state index in [4.69, 9.17) is 4.74 Å². The Labute approximate surface area is 128 Å². The lowest BCUT2D eigenvalue weighted by atomic mass is 10.1. The number of aryl methyl sites for hydroxylation is 1. The maximum Gasteiger partial charge on any atom is 0.0847 e. The fraction of sp³-hybridized carbons (Fsp3) is 0.438. The van der Waals surface area contributed by atoms with Gasteiger partial charge in [0.2, 0.25) is 0 Å². The molecule has 3 nitrogen and oxygen atoms in total. The van der Waals surface area contributed by atoms with E-state index in [0.717, 1.165) is 29.7 Å². The number of aromatic nitrogens is 1. The van der Waals surface area contributed by atoms with E-state index < -0.39 is 0 Å². The van der Waals surface area contributed by atoms with Crippen molar-refractivity contribution >= 4 is 32.5 Å². The van der Waals surface area contributed by atoms with Gasteiger partial charge in [-0.15, -0.1) is 0 Å². The number of para-hydroxylation sites is 1. The molecule has 2 aromatic rings. The molecule has 0 saturated carbocycles. The Balaban J connectivity index is 2.08. The van der Waals surface area contributed by atoms with E-state index in [1.807, 2.05) is 6.07 Å². The fourth-order valence-electron chi connectivity index (χ4n) is 2.77. The van der Waals surface area contributed by atoms with Crippen LogP contribution in [0, 0.1) is 6.92 Å².